The van der Waals surface area contributed by atoms with Gasteiger partial charge >= 0.3 is 0 Å². The first-order chi connectivity index (χ1) is 27.7. The zero-order chi connectivity index (χ0) is 37.3. The fourth-order valence-corrected chi connectivity index (χ4v) is 8.95. The molecular formula is C54H37NS. The highest BCUT2D eigenvalue weighted by molar-refractivity contribution is 7.25. The Hall–Kier alpha value is -7.00. The van der Waals surface area contributed by atoms with Crippen molar-refractivity contribution >= 4 is 48.6 Å². The van der Waals surface area contributed by atoms with E-state index in [-0.39, 0.29) is 0 Å². The van der Waals surface area contributed by atoms with Crippen LogP contribution in [0.5, 0.6) is 0 Å². The summed E-state index contributed by atoms with van der Waals surface area (Å²) in [6, 6.07) is 81.3. The molecule has 0 amide bonds. The van der Waals surface area contributed by atoms with E-state index in [1.807, 2.05) is 11.3 Å². The van der Waals surface area contributed by atoms with Crippen molar-refractivity contribution in [2.24, 2.45) is 0 Å². The lowest BCUT2D eigenvalue weighted by Crippen LogP contribution is -2.09. The number of hydrogen-bond acceptors (Lipinski definition) is 2. The topological polar surface area (TPSA) is 3.24 Å². The molecule has 0 aliphatic rings. The first kappa shape index (κ1) is 33.6. The number of anilines is 3. The molecule has 0 aliphatic carbocycles. The van der Waals surface area contributed by atoms with E-state index in [0.29, 0.717) is 0 Å². The van der Waals surface area contributed by atoms with Gasteiger partial charge in [0.15, 0.2) is 0 Å². The van der Waals surface area contributed by atoms with Gasteiger partial charge in [-0.05, 0) is 110 Å². The van der Waals surface area contributed by atoms with Crippen LogP contribution < -0.4 is 4.90 Å². The minimum absolute atomic E-state index is 1.10. The summed E-state index contributed by atoms with van der Waals surface area (Å²) in [5, 5.41) is 2.61. The lowest BCUT2D eigenvalue weighted by Gasteiger charge is -2.26. The fraction of sp³-hybridized carbons (Fsp3) is 0. The molecule has 0 saturated carbocycles. The van der Waals surface area contributed by atoms with E-state index < -0.39 is 0 Å². The quantitative estimate of drug-likeness (QED) is 0.150. The van der Waals surface area contributed by atoms with Crippen molar-refractivity contribution in [1.29, 1.82) is 0 Å². The van der Waals surface area contributed by atoms with Gasteiger partial charge < -0.3 is 4.90 Å². The summed E-state index contributed by atoms with van der Waals surface area (Å²) >= 11 is 1.87. The van der Waals surface area contributed by atoms with E-state index in [2.05, 4.69) is 229 Å². The highest BCUT2D eigenvalue weighted by atomic mass is 32.1. The molecule has 10 aromatic rings. The molecule has 0 unspecified atom stereocenters. The Morgan fingerprint density at radius 1 is 0.250 bits per heavy atom. The summed E-state index contributed by atoms with van der Waals surface area (Å²) in [4.78, 5) is 2.35. The summed E-state index contributed by atoms with van der Waals surface area (Å²) in [7, 11) is 0. The van der Waals surface area contributed by atoms with Gasteiger partial charge in [0.25, 0.3) is 0 Å². The minimum Gasteiger partial charge on any atom is -0.311 e. The Morgan fingerprint density at radius 2 is 0.589 bits per heavy atom. The molecular weight excluding hydrogens is 695 g/mol. The van der Waals surface area contributed by atoms with Crippen molar-refractivity contribution in [3.63, 3.8) is 0 Å². The normalized spacial score (nSPS) is 11.2. The van der Waals surface area contributed by atoms with Crippen LogP contribution in [-0.2, 0) is 0 Å². The Morgan fingerprint density at radius 3 is 1.05 bits per heavy atom. The average molecular weight is 732 g/mol. The molecule has 0 fully saturated rings. The second-order valence-electron chi connectivity index (χ2n) is 14.1. The third-order valence-electron chi connectivity index (χ3n) is 10.7. The summed E-state index contributed by atoms with van der Waals surface area (Å²) in [6.07, 6.45) is 0. The molecule has 0 atom stereocenters. The monoisotopic (exact) mass is 731 g/mol. The summed E-state index contributed by atoms with van der Waals surface area (Å²) in [5.74, 6) is 0. The lowest BCUT2D eigenvalue weighted by atomic mass is 9.91. The van der Waals surface area contributed by atoms with Gasteiger partial charge in [-0.15, -0.1) is 11.3 Å². The van der Waals surface area contributed by atoms with Crippen LogP contribution in [-0.4, -0.2) is 0 Å². The molecule has 9 aromatic carbocycles. The van der Waals surface area contributed by atoms with Crippen molar-refractivity contribution < 1.29 is 0 Å². The van der Waals surface area contributed by atoms with E-state index in [9.17, 15) is 0 Å². The first-order valence-electron chi connectivity index (χ1n) is 19.1. The Kier molecular flexibility index (Phi) is 8.79. The van der Waals surface area contributed by atoms with Gasteiger partial charge in [-0.2, -0.15) is 0 Å². The zero-order valence-electron chi connectivity index (χ0n) is 30.7. The second kappa shape index (κ2) is 14.7. The molecule has 0 radical (unpaired) electrons. The van der Waals surface area contributed by atoms with E-state index in [1.165, 1.54) is 75.8 Å². The minimum atomic E-state index is 1.10. The average Bonchev–Trinajstić information content (AvgIpc) is 3.65. The zero-order valence-corrected chi connectivity index (χ0v) is 31.5. The summed E-state index contributed by atoms with van der Waals surface area (Å²) in [6.45, 7) is 0. The van der Waals surface area contributed by atoms with Crippen LogP contribution in [0.3, 0.4) is 0 Å². The fourth-order valence-electron chi connectivity index (χ4n) is 7.83. The maximum Gasteiger partial charge on any atom is 0.0462 e. The van der Waals surface area contributed by atoms with Crippen molar-refractivity contribution in [2.45, 2.75) is 0 Å². The molecule has 1 nitrogen and oxygen atoms in total. The number of rotatable bonds is 8. The second-order valence-corrected chi connectivity index (χ2v) is 15.2. The third kappa shape index (κ3) is 6.47. The Bertz CT molecular complexity index is 2810. The lowest BCUT2D eigenvalue weighted by molar-refractivity contribution is 1.28. The van der Waals surface area contributed by atoms with E-state index in [4.69, 9.17) is 0 Å². The van der Waals surface area contributed by atoms with Crippen LogP contribution in [0, 0.1) is 0 Å². The number of benzene rings is 9. The van der Waals surface area contributed by atoms with Gasteiger partial charge in [-0.3, -0.25) is 0 Å². The molecule has 0 N–H and O–H groups in total. The predicted octanol–water partition coefficient (Wildman–Crippen LogP) is 15.9. The van der Waals surface area contributed by atoms with E-state index >= 15 is 0 Å². The molecule has 0 spiro atoms. The molecule has 0 aliphatic heterocycles. The van der Waals surface area contributed by atoms with Crippen LogP contribution in [0.4, 0.5) is 17.1 Å². The first-order valence-corrected chi connectivity index (χ1v) is 19.9. The van der Waals surface area contributed by atoms with Gasteiger partial charge in [0.05, 0.1) is 0 Å². The Balaban J connectivity index is 1.07. The van der Waals surface area contributed by atoms with Crippen molar-refractivity contribution in [3.8, 4) is 55.6 Å². The summed E-state index contributed by atoms with van der Waals surface area (Å²) in [5.41, 5.74) is 15.4. The van der Waals surface area contributed by atoms with Gasteiger partial charge in [-0.25, -0.2) is 0 Å². The molecule has 264 valence electrons. The maximum absolute atomic E-state index is 2.41. The summed E-state index contributed by atoms with van der Waals surface area (Å²) < 4.78 is 2.61. The SMILES string of the molecule is c1ccc(-c2ccc(-c3cc4c(cc3-c3ccc(N(c5ccc(-c6ccccc6)cc5)c5ccc(-c6ccccc6)cc5)cc3)sc3ccccc34)cc2)cc1. The van der Waals surface area contributed by atoms with Crippen LogP contribution in [0.1, 0.15) is 0 Å². The van der Waals surface area contributed by atoms with E-state index in [1.54, 1.807) is 0 Å². The standard InChI is InChI=1S/C54H37NS/c1-4-12-38(13-5-1)41-20-22-44(23-21-41)50-36-52-49-18-10-11-19-53(49)56-54(52)37-51(50)45-28-34-48(35-29-45)55(46-30-24-42(25-31-46)39-14-6-2-7-15-39)47-32-26-43(27-33-47)40-16-8-3-9-17-40/h1-37H. The molecule has 10 rings (SSSR count). The Labute approximate surface area is 332 Å². The molecule has 0 saturated heterocycles. The van der Waals surface area contributed by atoms with Gasteiger partial charge in [0, 0.05) is 37.2 Å². The molecule has 2 heteroatoms. The van der Waals surface area contributed by atoms with Crippen LogP contribution >= 0.6 is 11.3 Å². The predicted molar refractivity (Wildman–Crippen MR) is 241 cm³/mol. The molecule has 1 heterocycles. The van der Waals surface area contributed by atoms with Gasteiger partial charge in [-0.1, -0.05) is 170 Å². The van der Waals surface area contributed by atoms with Crippen molar-refractivity contribution in [3.05, 3.63) is 224 Å². The highest BCUT2D eigenvalue weighted by Gasteiger charge is 2.17. The largest absolute Gasteiger partial charge is 0.311 e. The molecule has 1 aromatic heterocycles. The van der Waals surface area contributed by atoms with Gasteiger partial charge in [0.2, 0.25) is 0 Å². The number of nitrogens with zero attached hydrogens (tertiary/aromatic N) is 1. The smallest absolute Gasteiger partial charge is 0.0462 e. The van der Waals surface area contributed by atoms with Gasteiger partial charge in [0.1, 0.15) is 0 Å². The maximum atomic E-state index is 2.41. The highest BCUT2D eigenvalue weighted by Crippen LogP contribution is 2.44. The van der Waals surface area contributed by atoms with Crippen LogP contribution in [0.15, 0.2) is 224 Å². The van der Waals surface area contributed by atoms with Crippen molar-refractivity contribution in [1.82, 2.24) is 0 Å². The molecule has 0 bridgehead atoms. The van der Waals surface area contributed by atoms with Crippen molar-refractivity contribution in [2.75, 3.05) is 4.90 Å². The molecule has 56 heavy (non-hydrogen) atoms. The number of hydrogen-bond donors (Lipinski definition) is 0. The third-order valence-corrected chi connectivity index (χ3v) is 11.9. The number of thiophene rings is 1. The van der Waals surface area contributed by atoms with Crippen LogP contribution in [0.2, 0.25) is 0 Å². The van der Waals surface area contributed by atoms with E-state index in [0.717, 1.165) is 17.1 Å². The van der Waals surface area contributed by atoms with Crippen LogP contribution in [0.25, 0.3) is 75.8 Å². The number of fused-ring (bicyclic) bond motifs is 3.